The summed E-state index contributed by atoms with van der Waals surface area (Å²) in [7, 11) is 1.81. The van der Waals surface area contributed by atoms with E-state index in [4.69, 9.17) is 12.2 Å². The minimum Gasteiger partial charge on any atom is -0.330 e. The average molecular weight is 515 g/mol. The van der Waals surface area contributed by atoms with Gasteiger partial charge in [-0.3, -0.25) is 4.79 Å². The number of hydrogen-bond acceptors (Lipinski definition) is 5. The Hall–Kier alpha value is -3.65. The molecule has 0 saturated heterocycles. The normalized spacial score (nSPS) is 19.0. The van der Waals surface area contributed by atoms with Gasteiger partial charge in [-0.2, -0.15) is 0 Å². The molecule has 3 aromatic rings. The Kier molecular flexibility index (Phi) is 7.68. The third-order valence-electron chi connectivity index (χ3n) is 7.02. The maximum Gasteiger partial charge on any atom is 0.257 e. The third-order valence-corrected chi connectivity index (χ3v) is 7.50. The van der Waals surface area contributed by atoms with E-state index >= 15 is 0 Å². The second-order valence-electron chi connectivity index (χ2n) is 10.3. The lowest BCUT2D eigenvalue weighted by atomic mass is 9.71. The fraction of sp³-hybridized carbons (Fsp3) is 0.345. The zero-order chi connectivity index (χ0) is 26.7. The number of fused-ring (bicyclic) bond motifs is 1. The molecule has 0 saturated carbocycles. The molecule has 0 radical (unpaired) electrons. The van der Waals surface area contributed by atoms with E-state index in [9.17, 15) is 4.79 Å². The zero-order valence-electron chi connectivity index (χ0n) is 22.3. The highest BCUT2D eigenvalue weighted by atomic mass is 32.1. The molecule has 1 atom stereocenters. The van der Waals surface area contributed by atoms with Crippen LogP contribution in [-0.2, 0) is 7.05 Å². The molecule has 0 bridgehead atoms. The summed E-state index contributed by atoms with van der Waals surface area (Å²) in [6.07, 6.45) is 23.0. The van der Waals surface area contributed by atoms with Crippen molar-refractivity contribution in [1.29, 1.82) is 0 Å². The van der Waals surface area contributed by atoms with Gasteiger partial charge >= 0.3 is 0 Å². The van der Waals surface area contributed by atoms with Gasteiger partial charge in [0.05, 0.1) is 18.7 Å². The highest BCUT2D eigenvalue weighted by Gasteiger charge is 2.32. The Labute approximate surface area is 223 Å². The smallest absolute Gasteiger partial charge is 0.257 e. The SMILES string of the molecule is CC(C=CC1=C(C)C(n2ccnc2)CCC1(C)C)=CC=CC(C)=CC(=O)n1cnc2c(=S)n(C)cnc21. The predicted molar refractivity (Wildman–Crippen MR) is 151 cm³/mol. The van der Waals surface area contributed by atoms with Crippen LogP contribution in [0.3, 0.4) is 0 Å². The van der Waals surface area contributed by atoms with Gasteiger partial charge in [-0.15, -0.1) is 0 Å². The summed E-state index contributed by atoms with van der Waals surface area (Å²) in [5.74, 6) is -0.213. The van der Waals surface area contributed by atoms with Crippen LogP contribution in [0, 0.1) is 10.1 Å². The highest BCUT2D eigenvalue weighted by molar-refractivity contribution is 7.71. The molecule has 4 rings (SSSR count). The second-order valence-corrected chi connectivity index (χ2v) is 10.7. The summed E-state index contributed by atoms with van der Waals surface area (Å²) < 4.78 is 5.88. The Morgan fingerprint density at radius 2 is 1.92 bits per heavy atom. The first kappa shape index (κ1) is 26.4. The van der Waals surface area contributed by atoms with Gasteiger partial charge in [-0.25, -0.2) is 19.5 Å². The number of nitrogens with zero attached hydrogens (tertiary/aromatic N) is 6. The fourth-order valence-corrected chi connectivity index (χ4v) is 5.01. The van der Waals surface area contributed by atoms with Crippen LogP contribution < -0.4 is 0 Å². The monoisotopic (exact) mass is 514 g/mol. The number of rotatable bonds is 6. The Bertz CT molecular complexity index is 1530. The largest absolute Gasteiger partial charge is 0.330 e. The predicted octanol–water partition coefficient (Wildman–Crippen LogP) is 6.72. The van der Waals surface area contributed by atoms with Crippen molar-refractivity contribution in [2.75, 3.05) is 0 Å². The van der Waals surface area contributed by atoms with E-state index in [2.05, 4.69) is 65.4 Å². The van der Waals surface area contributed by atoms with Crippen LogP contribution in [0.25, 0.3) is 11.2 Å². The molecule has 1 aliphatic carbocycles. The van der Waals surface area contributed by atoms with Crippen molar-refractivity contribution in [3.05, 3.63) is 94.8 Å². The minimum atomic E-state index is -0.213. The van der Waals surface area contributed by atoms with Crippen LogP contribution in [-0.4, -0.2) is 34.6 Å². The Morgan fingerprint density at radius 3 is 2.65 bits per heavy atom. The molecule has 0 aromatic carbocycles. The molecule has 0 N–H and O–H groups in total. The number of aryl methyl sites for hydroxylation is 1. The van der Waals surface area contributed by atoms with E-state index in [-0.39, 0.29) is 11.3 Å². The van der Waals surface area contributed by atoms with Crippen molar-refractivity contribution >= 4 is 29.3 Å². The second kappa shape index (κ2) is 10.8. The maximum atomic E-state index is 12.8. The van der Waals surface area contributed by atoms with Crippen LogP contribution >= 0.6 is 12.2 Å². The first-order valence-electron chi connectivity index (χ1n) is 12.4. The molecular weight excluding hydrogens is 480 g/mol. The number of allylic oxidation sites excluding steroid dienone is 10. The van der Waals surface area contributed by atoms with Crippen molar-refractivity contribution in [3.63, 3.8) is 0 Å². The lowest BCUT2D eigenvalue weighted by Crippen LogP contribution is -2.25. The summed E-state index contributed by atoms with van der Waals surface area (Å²) in [6.45, 7) is 10.9. The van der Waals surface area contributed by atoms with Crippen LogP contribution in [0.15, 0.2) is 90.1 Å². The summed E-state index contributed by atoms with van der Waals surface area (Å²) in [6, 6.07) is 0.355. The topological polar surface area (TPSA) is 70.5 Å². The number of carbonyl (C=O) groups is 1. The molecule has 0 spiro atoms. The summed E-state index contributed by atoms with van der Waals surface area (Å²) in [5, 5.41) is 0. The van der Waals surface area contributed by atoms with Gasteiger partial charge in [-0.05, 0) is 55.7 Å². The molecular formula is C29H34N6OS. The molecule has 0 fully saturated rings. The van der Waals surface area contributed by atoms with E-state index in [0.29, 0.717) is 21.8 Å². The van der Waals surface area contributed by atoms with Crippen molar-refractivity contribution in [1.82, 2.24) is 28.7 Å². The third kappa shape index (κ3) is 5.69. The lowest BCUT2D eigenvalue weighted by molar-refractivity contribution is 0.0972. The van der Waals surface area contributed by atoms with E-state index in [1.165, 1.54) is 22.0 Å². The van der Waals surface area contributed by atoms with Crippen LogP contribution in [0.2, 0.25) is 0 Å². The number of imidazole rings is 2. The molecule has 7 nitrogen and oxygen atoms in total. The average Bonchev–Trinajstić information content (AvgIpc) is 3.51. The molecule has 192 valence electrons. The van der Waals surface area contributed by atoms with Crippen LogP contribution in [0.5, 0.6) is 0 Å². The van der Waals surface area contributed by atoms with Gasteiger partial charge < -0.3 is 9.13 Å². The molecule has 1 aliphatic rings. The molecule has 37 heavy (non-hydrogen) atoms. The summed E-state index contributed by atoms with van der Waals surface area (Å²) in [4.78, 5) is 25.6. The molecule has 0 aliphatic heterocycles. The molecule has 8 heteroatoms. The zero-order valence-corrected chi connectivity index (χ0v) is 23.2. The van der Waals surface area contributed by atoms with E-state index in [1.54, 1.807) is 17.0 Å². The van der Waals surface area contributed by atoms with Gasteiger partial charge in [0, 0.05) is 25.5 Å². The first-order valence-corrected chi connectivity index (χ1v) is 12.8. The maximum absolute atomic E-state index is 12.8. The van der Waals surface area contributed by atoms with Gasteiger partial charge in [-0.1, -0.05) is 62.0 Å². The van der Waals surface area contributed by atoms with Gasteiger partial charge in [0.25, 0.3) is 5.91 Å². The first-order chi connectivity index (χ1) is 17.6. The van der Waals surface area contributed by atoms with Crippen LogP contribution in [0.4, 0.5) is 0 Å². The lowest BCUT2D eigenvalue weighted by Gasteiger charge is -2.37. The van der Waals surface area contributed by atoms with Crippen molar-refractivity contribution < 1.29 is 4.79 Å². The number of aromatic nitrogens is 6. The summed E-state index contributed by atoms with van der Waals surface area (Å²) >= 11 is 5.36. The van der Waals surface area contributed by atoms with Crippen molar-refractivity contribution in [2.45, 2.75) is 53.5 Å². The molecule has 0 amide bonds. The quantitative estimate of drug-likeness (QED) is 0.207. The number of carbonyl (C=O) groups excluding carboxylic acids is 1. The fourth-order valence-electron chi connectivity index (χ4n) is 4.82. The van der Waals surface area contributed by atoms with Gasteiger partial charge in [0.1, 0.15) is 16.5 Å². The standard InChI is InChI=1S/C29H34N6OS/c1-20(10-11-23-22(3)24(12-13-29(23,4)5)34-15-14-30-17-34)8-7-9-21(2)16-25(36)35-19-31-26-27(35)32-18-33(6)28(26)37/h7-11,14-19,24H,12-13H2,1-6H3. The number of hydrogen-bond donors (Lipinski definition) is 0. The highest BCUT2D eigenvalue weighted by Crippen LogP contribution is 2.45. The van der Waals surface area contributed by atoms with Gasteiger partial charge in [0.15, 0.2) is 5.65 Å². The molecule has 3 aromatic heterocycles. The van der Waals surface area contributed by atoms with Crippen molar-refractivity contribution in [2.24, 2.45) is 12.5 Å². The Morgan fingerprint density at radius 1 is 1.14 bits per heavy atom. The van der Waals surface area contributed by atoms with E-state index in [0.717, 1.165) is 24.0 Å². The summed E-state index contributed by atoms with van der Waals surface area (Å²) in [5.41, 5.74) is 5.87. The van der Waals surface area contributed by atoms with Crippen LogP contribution in [0.1, 0.15) is 58.3 Å². The van der Waals surface area contributed by atoms with Gasteiger partial charge in [0.2, 0.25) is 0 Å². The molecule has 3 heterocycles. The van der Waals surface area contributed by atoms with Crippen molar-refractivity contribution in [3.8, 4) is 0 Å². The van der Waals surface area contributed by atoms with E-state index < -0.39 is 0 Å². The van der Waals surface area contributed by atoms with E-state index in [1.807, 2.05) is 44.8 Å². The minimum absolute atomic E-state index is 0.128. The Balaban J connectivity index is 1.48. The molecule has 1 unspecified atom stereocenters.